The van der Waals surface area contributed by atoms with Gasteiger partial charge >= 0.3 is 0 Å². The van der Waals surface area contributed by atoms with Crippen LogP contribution in [0.1, 0.15) is 36.1 Å². The van der Waals surface area contributed by atoms with Crippen LogP contribution in [0.2, 0.25) is 0 Å². The molecule has 2 aromatic rings. The molecule has 0 aliphatic heterocycles. The van der Waals surface area contributed by atoms with Crippen LogP contribution in [0, 0.1) is 13.8 Å². The summed E-state index contributed by atoms with van der Waals surface area (Å²) in [6, 6.07) is 13.9. The van der Waals surface area contributed by atoms with E-state index in [9.17, 15) is 9.59 Å². The Hall–Kier alpha value is -2.62. The third-order valence-electron chi connectivity index (χ3n) is 4.41. The molecule has 2 aromatic carbocycles. The molecular formula is C21H26N2O2. The topological polar surface area (TPSA) is 49.4 Å². The second kappa shape index (κ2) is 8.47. The van der Waals surface area contributed by atoms with E-state index in [0.717, 1.165) is 34.4 Å². The van der Waals surface area contributed by atoms with Gasteiger partial charge in [0.2, 0.25) is 11.8 Å². The maximum atomic E-state index is 12.5. The van der Waals surface area contributed by atoms with Crippen molar-refractivity contribution in [2.75, 3.05) is 11.9 Å². The minimum Gasteiger partial charge on any atom is -0.329 e. The van der Waals surface area contributed by atoms with Gasteiger partial charge in [0.25, 0.3) is 0 Å². The molecule has 2 rings (SSSR count). The van der Waals surface area contributed by atoms with Crippen LogP contribution in [0.5, 0.6) is 0 Å². The van der Waals surface area contributed by atoms with Crippen LogP contribution in [-0.4, -0.2) is 23.3 Å². The fourth-order valence-corrected chi connectivity index (χ4v) is 2.83. The fourth-order valence-electron chi connectivity index (χ4n) is 2.83. The molecule has 0 bridgehead atoms. The molecule has 0 spiro atoms. The summed E-state index contributed by atoms with van der Waals surface area (Å²) in [6.07, 6.45) is 0.844. The largest absolute Gasteiger partial charge is 0.329 e. The highest BCUT2D eigenvalue weighted by atomic mass is 16.2. The maximum absolute atomic E-state index is 12.5. The van der Waals surface area contributed by atoms with Crippen molar-refractivity contribution >= 4 is 17.5 Å². The minimum atomic E-state index is -0.173. The number of carbonyl (C=O) groups excluding carboxylic acids is 2. The van der Waals surface area contributed by atoms with Gasteiger partial charge in [-0.3, -0.25) is 9.59 Å². The van der Waals surface area contributed by atoms with Crippen molar-refractivity contribution in [2.24, 2.45) is 0 Å². The van der Waals surface area contributed by atoms with E-state index in [-0.39, 0.29) is 18.4 Å². The quantitative estimate of drug-likeness (QED) is 0.869. The van der Waals surface area contributed by atoms with Crippen LogP contribution < -0.4 is 5.32 Å². The third kappa shape index (κ3) is 4.92. The number of amides is 2. The van der Waals surface area contributed by atoms with Crippen molar-refractivity contribution in [3.63, 3.8) is 0 Å². The first-order valence-electron chi connectivity index (χ1n) is 8.60. The van der Waals surface area contributed by atoms with Gasteiger partial charge in [0.1, 0.15) is 6.54 Å². The molecule has 4 heteroatoms. The lowest BCUT2D eigenvalue weighted by Gasteiger charge is -2.22. The summed E-state index contributed by atoms with van der Waals surface area (Å²) in [5.74, 6) is -0.285. The summed E-state index contributed by atoms with van der Waals surface area (Å²) in [6.45, 7) is 8.02. The van der Waals surface area contributed by atoms with Gasteiger partial charge in [-0.25, -0.2) is 0 Å². The second-order valence-electron chi connectivity index (χ2n) is 6.31. The van der Waals surface area contributed by atoms with Gasteiger partial charge in [-0.05, 0) is 42.5 Å². The Labute approximate surface area is 149 Å². The predicted molar refractivity (Wildman–Crippen MR) is 101 cm³/mol. The highest BCUT2D eigenvalue weighted by molar-refractivity contribution is 5.95. The molecular weight excluding hydrogens is 312 g/mol. The molecule has 0 aromatic heterocycles. The van der Waals surface area contributed by atoms with Crippen LogP contribution in [0.3, 0.4) is 0 Å². The van der Waals surface area contributed by atoms with E-state index in [0.29, 0.717) is 6.54 Å². The van der Waals surface area contributed by atoms with E-state index >= 15 is 0 Å². The normalized spacial score (nSPS) is 10.4. The van der Waals surface area contributed by atoms with Gasteiger partial charge in [0, 0.05) is 19.2 Å². The number of rotatable bonds is 6. The molecule has 1 N–H and O–H groups in total. The average Bonchev–Trinajstić information content (AvgIpc) is 2.57. The lowest BCUT2D eigenvalue weighted by atomic mass is 10.1. The van der Waals surface area contributed by atoms with Crippen molar-refractivity contribution in [3.8, 4) is 0 Å². The van der Waals surface area contributed by atoms with Crippen LogP contribution in [0.4, 0.5) is 5.69 Å². The van der Waals surface area contributed by atoms with Gasteiger partial charge < -0.3 is 10.2 Å². The number of hydrogen-bond acceptors (Lipinski definition) is 2. The van der Waals surface area contributed by atoms with Gasteiger partial charge in [0.15, 0.2) is 0 Å². The summed E-state index contributed by atoms with van der Waals surface area (Å²) >= 11 is 0. The Kier molecular flexibility index (Phi) is 6.34. The van der Waals surface area contributed by atoms with Crippen LogP contribution in [0.15, 0.2) is 42.5 Å². The molecule has 0 atom stereocenters. The number of para-hydroxylation sites is 1. The van der Waals surface area contributed by atoms with Crippen LogP contribution in [0.25, 0.3) is 0 Å². The Morgan fingerprint density at radius 2 is 1.60 bits per heavy atom. The molecule has 25 heavy (non-hydrogen) atoms. The predicted octanol–water partition coefficient (Wildman–Crippen LogP) is 3.85. The van der Waals surface area contributed by atoms with E-state index in [4.69, 9.17) is 0 Å². The minimum absolute atomic E-state index is 0.0428. The zero-order valence-electron chi connectivity index (χ0n) is 15.4. The molecule has 0 heterocycles. The lowest BCUT2D eigenvalue weighted by Crippen LogP contribution is -2.36. The van der Waals surface area contributed by atoms with Crippen molar-refractivity contribution in [3.05, 3.63) is 64.7 Å². The average molecular weight is 338 g/mol. The lowest BCUT2D eigenvalue weighted by molar-refractivity contribution is -0.133. The SMILES string of the molecule is CCc1cccc(C)c1NC(=O)CN(Cc1ccccc1C)C(C)=O. The Morgan fingerprint density at radius 3 is 2.24 bits per heavy atom. The number of carbonyl (C=O) groups is 2. The summed E-state index contributed by atoms with van der Waals surface area (Å²) in [7, 11) is 0. The van der Waals surface area contributed by atoms with E-state index in [1.165, 1.54) is 6.92 Å². The van der Waals surface area contributed by atoms with Gasteiger partial charge in [-0.2, -0.15) is 0 Å². The third-order valence-corrected chi connectivity index (χ3v) is 4.41. The Balaban J connectivity index is 2.11. The monoisotopic (exact) mass is 338 g/mol. The maximum Gasteiger partial charge on any atom is 0.244 e. The first-order valence-corrected chi connectivity index (χ1v) is 8.60. The Bertz CT molecular complexity index is 768. The highest BCUT2D eigenvalue weighted by Gasteiger charge is 2.16. The van der Waals surface area contributed by atoms with Crippen LogP contribution in [-0.2, 0) is 22.6 Å². The summed E-state index contributed by atoms with van der Waals surface area (Å²) in [5, 5.41) is 2.98. The molecule has 4 nitrogen and oxygen atoms in total. The first kappa shape index (κ1) is 18.7. The number of nitrogens with zero attached hydrogens (tertiary/aromatic N) is 1. The van der Waals surface area contributed by atoms with Crippen molar-refractivity contribution < 1.29 is 9.59 Å². The van der Waals surface area contributed by atoms with Crippen molar-refractivity contribution in [2.45, 2.75) is 40.7 Å². The molecule has 0 radical (unpaired) electrons. The number of benzene rings is 2. The summed E-state index contributed by atoms with van der Waals surface area (Å²) in [4.78, 5) is 26.1. The zero-order chi connectivity index (χ0) is 18.4. The van der Waals surface area contributed by atoms with Crippen molar-refractivity contribution in [1.29, 1.82) is 0 Å². The molecule has 0 fully saturated rings. The fraction of sp³-hybridized carbons (Fsp3) is 0.333. The molecule has 132 valence electrons. The van der Waals surface area contributed by atoms with E-state index < -0.39 is 0 Å². The van der Waals surface area contributed by atoms with Gasteiger partial charge in [-0.15, -0.1) is 0 Å². The summed E-state index contributed by atoms with van der Waals surface area (Å²) in [5.41, 5.74) is 5.15. The molecule has 0 aliphatic rings. The number of nitrogens with one attached hydrogen (secondary N) is 1. The molecule has 0 unspecified atom stereocenters. The molecule has 0 saturated heterocycles. The van der Waals surface area contributed by atoms with E-state index in [1.807, 2.05) is 56.3 Å². The molecule has 0 saturated carbocycles. The zero-order valence-corrected chi connectivity index (χ0v) is 15.4. The smallest absolute Gasteiger partial charge is 0.244 e. The Morgan fingerprint density at radius 1 is 0.960 bits per heavy atom. The first-order chi connectivity index (χ1) is 11.9. The molecule has 0 aliphatic carbocycles. The van der Waals surface area contributed by atoms with E-state index in [2.05, 4.69) is 12.2 Å². The van der Waals surface area contributed by atoms with Gasteiger partial charge in [-0.1, -0.05) is 49.4 Å². The second-order valence-corrected chi connectivity index (χ2v) is 6.31. The van der Waals surface area contributed by atoms with Crippen molar-refractivity contribution in [1.82, 2.24) is 4.90 Å². The number of anilines is 1. The molecule has 2 amide bonds. The highest BCUT2D eigenvalue weighted by Crippen LogP contribution is 2.21. The van der Waals surface area contributed by atoms with Gasteiger partial charge in [0.05, 0.1) is 0 Å². The van der Waals surface area contributed by atoms with Crippen LogP contribution >= 0.6 is 0 Å². The summed E-state index contributed by atoms with van der Waals surface area (Å²) < 4.78 is 0. The van der Waals surface area contributed by atoms with E-state index in [1.54, 1.807) is 4.90 Å². The standard InChI is InChI=1S/C21H26N2O2/c1-5-18-12-8-10-16(3)21(18)22-20(25)14-23(17(4)24)13-19-11-7-6-9-15(19)2/h6-12H,5,13-14H2,1-4H3,(H,22,25). The number of aryl methyl sites for hydroxylation is 3. The number of hydrogen-bond donors (Lipinski definition) is 1.